The van der Waals surface area contributed by atoms with Gasteiger partial charge in [-0.2, -0.15) is 0 Å². The van der Waals surface area contributed by atoms with Crippen LogP contribution in [0.3, 0.4) is 0 Å². The van der Waals surface area contributed by atoms with E-state index >= 15 is 0 Å². The minimum atomic E-state index is 0.473. The Hall–Kier alpha value is -0.380. The third-order valence-electron chi connectivity index (χ3n) is 2.54. The molecule has 0 aliphatic carbocycles. The van der Waals surface area contributed by atoms with Crippen molar-refractivity contribution in [2.75, 3.05) is 13.1 Å². The summed E-state index contributed by atoms with van der Waals surface area (Å²) >= 11 is 3.49. The van der Waals surface area contributed by atoms with E-state index < -0.39 is 0 Å². The van der Waals surface area contributed by atoms with Gasteiger partial charge in [0.25, 0.3) is 0 Å². The Balaban J connectivity index is 2.41. The summed E-state index contributed by atoms with van der Waals surface area (Å²) in [5.41, 5.74) is 8.49. The van der Waals surface area contributed by atoms with Gasteiger partial charge in [-0.3, -0.25) is 0 Å². The van der Waals surface area contributed by atoms with Crippen LogP contribution in [0.5, 0.6) is 0 Å². The second-order valence-electron chi connectivity index (χ2n) is 3.41. The summed E-state index contributed by atoms with van der Waals surface area (Å²) in [6.45, 7) is 2.69. The van der Waals surface area contributed by atoms with Crippen molar-refractivity contribution >= 4 is 15.9 Å². The van der Waals surface area contributed by atoms with Crippen LogP contribution in [0.15, 0.2) is 22.7 Å². The van der Waals surface area contributed by atoms with Gasteiger partial charge in [-0.05, 0) is 23.3 Å². The topological polar surface area (TPSA) is 38.0 Å². The van der Waals surface area contributed by atoms with Gasteiger partial charge in [0.15, 0.2) is 0 Å². The Labute approximate surface area is 86.6 Å². The minimum absolute atomic E-state index is 0.473. The molecule has 0 saturated heterocycles. The molecule has 0 aromatic heterocycles. The number of fused-ring (bicyclic) bond motifs is 1. The lowest BCUT2D eigenvalue weighted by Crippen LogP contribution is -2.32. The molecule has 1 aromatic carbocycles. The molecule has 2 nitrogen and oxygen atoms in total. The average molecular weight is 241 g/mol. The van der Waals surface area contributed by atoms with Crippen molar-refractivity contribution in [3.8, 4) is 0 Å². The highest BCUT2D eigenvalue weighted by atomic mass is 79.9. The van der Waals surface area contributed by atoms with Gasteiger partial charge in [-0.25, -0.2) is 0 Å². The van der Waals surface area contributed by atoms with Gasteiger partial charge in [0.1, 0.15) is 0 Å². The lowest BCUT2D eigenvalue weighted by molar-refractivity contribution is 0.547. The van der Waals surface area contributed by atoms with E-state index in [9.17, 15) is 0 Å². The molecule has 0 spiro atoms. The van der Waals surface area contributed by atoms with E-state index in [-0.39, 0.29) is 0 Å². The third kappa shape index (κ3) is 1.77. The molecule has 1 atom stereocenters. The highest BCUT2D eigenvalue weighted by Gasteiger charge is 2.18. The van der Waals surface area contributed by atoms with E-state index in [1.807, 2.05) is 0 Å². The summed E-state index contributed by atoms with van der Waals surface area (Å²) in [4.78, 5) is 0. The first-order valence-electron chi connectivity index (χ1n) is 4.50. The van der Waals surface area contributed by atoms with Crippen molar-refractivity contribution in [1.82, 2.24) is 5.32 Å². The predicted octanol–water partition coefficient (Wildman–Crippen LogP) is 1.59. The van der Waals surface area contributed by atoms with Crippen LogP contribution >= 0.6 is 15.9 Å². The fraction of sp³-hybridized carbons (Fsp3) is 0.400. The van der Waals surface area contributed by atoms with E-state index in [1.54, 1.807) is 0 Å². The third-order valence-corrected chi connectivity index (χ3v) is 3.03. The molecule has 70 valence electrons. The van der Waals surface area contributed by atoms with Gasteiger partial charge >= 0.3 is 0 Å². The summed E-state index contributed by atoms with van der Waals surface area (Å²) in [7, 11) is 0. The maximum absolute atomic E-state index is 5.71. The quantitative estimate of drug-likeness (QED) is 0.783. The second-order valence-corrected chi connectivity index (χ2v) is 4.32. The van der Waals surface area contributed by atoms with Crippen LogP contribution in [0.1, 0.15) is 17.0 Å². The molecular weight excluding hydrogens is 228 g/mol. The summed E-state index contributed by atoms with van der Waals surface area (Å²) in [5.74, 6) is 0.473. The van der Waals surface area contributed by atoms with Gasteiger partial charge in [-0.1, -0.05) is 22.0 Å². The summed E-state index contributed by atoms with van der Waals surface area (Å²) in [6, 6.07) is 6.43. The van der Waals surface area contributed by atoms with Gasteiger partial charge in [0, 0.05) is 30.0 Å². The number of hydrogen-bond donors (Lipinski definition) is 2. The second kappa shape index (κ2) is 3.78. The molecule has 3 N–H and O–H groups in total. The maximum atomic E-state index is 5.71. The van der Waals surface area contributed by atoms with Crippen LogP contribution in [0, 0.1) is 0 Å². The van der Waals surface area contributed by atoms with Crippen molar-refractivity contribution < 1.29 is 0 Å². The van der Waals surface area contributed by atoms with E-state index in [0.717, 1.165) is 24.1 Å². The zero-order valence-electron chi connectivity index (χ0n) is 7.39. The van der Waals surface area contributed by atoms with Gasteiger partial charge in [0.2, 0.25) is 0 Å². The first kappa shape index (κ1) is 9.19. The van der Waals surface area contributed by atoms with Crippen LogP contribution in [0.4, 0.5) is 0 Å². The number of rotatable bonds is 1. The predicted molar refractivity (Wildman–Crippen MR) is 57.6 cm³/mol. The zero-order chi connectivity index (χ0) is 9.26. The number of halogens is 1. The van der Waals surface area contributed by atoms with Crippen LogP contribution in [-0.4, -0.2) is 13.1 Å². The fourth-order valence-corrected chi connectivity index (χ4v) is 2.19. The number of benzene rings is 1. The van der Waals surface area contributed by atoms with Gasteiger partial charge < -0.3 is 11.1 Å². The first-order chi connectivity index (χ1) is 6.31. The van der Waals surface area contributed by atoms with Crippen LogP contribution in [0.2, 0.25) is 0 Å². The van der Waals surface area contributed by atoms with Crippen molar-refractivity contribution in [3.63, 3.8) is 0 Å². The zero-order valence-corrected chi connectivity index (χ0v) is 8.97. The molecule has 0 bridgehead atoms. The average Bonchev–Trinajstić information content (AvgIpc) is 2.17. The molecule has 1 unspecified atom stereocenters. The number of nitrogens with two attached hydrogens (primary N) is 1. The van der Waals surface area contributed by atoms with Gasteiger partial charge in [0.05, 0.1) is 0 Å². The molecule has 3 heteroatoms. The molecule has 0 fully saturated rings. The number of hydrogen-bond acceptors (Lipinski definition) is 2. The standard InChI is InChI=1S/C10H13BrN2/c11-9-2-1-7-5-13-6-8(4-12)10(7)3-9/h1-3,8,13H,4-6,12H2. The minimum Gasteiger partial charge on any atom is -0.330 e. The van der Waals surface area contributed by atoms with E-state index in [4.69, 9.17) is 5.73 Å². The highest BCUT2D eigenvalue weighted by molar-refractivity contribution is 9.10. The van der Waals surface area contributed by atoms with Crippen LogP contribution < -0.4 is 11.1 Å². The molecular formula is C10H13BrN2. The summed E-state index contributed by atoms with van der Waals surface area (Å²) < 4.78 is 1.15. The van der Waals surface area contributed by atoms with E-state index in [2.05, 4.69) is 39.4 Å². The summed E-state index contributed by atoms with van der Waals surface area (Å²) in [5, 5.41) is 3.37. The Morgan fingerprint density at radius 3 is 3.15 bits per heavy atom. The normalized spacial score (nSPS) is 21.2. The fourth-order valence-electron chi connectivity index (χ4n) is 1.81. The summed E-state index contributed by atoms with van der Waals surface area (Å²) in [6.07, 6.45) is 0. The lowest BCUT2D eigenvalue weighted by Gasteiger charge is -2.25. The first-order valence-corrected chi connectivity index (χ1v) is 5.29. The largest absolute Gasteiger partial charge is 0.330 e. The van der Waals surface area contributed by atoms with Crippen LogP contribution in [-0.2, 0) is 6.54 Å². The lowest BCUT2D eigenvalue weighted by atomic mass is 9.91. The number of nitrogens with one attached hydrogen (secondary N) is 1. The molecule has 0 amide bonds. The van der Waals surface area contributed by atoms with E-state index in [1.165, 1.54) is 11.1 Å². The molecule has 1 aliphatic heterocycles. The highest BCUT2D eigenvalue weighted by Crippen LogP contribution is 2.26. The molecule has 0 saturated carbocycles. The maximum Gasteiger partial charge on any atom is 0.0208 e. The van der Waals surface area contributed by atoms with Gasteiger partial charge in [-0.15, -0.1) is 0 Å². The van der Waals surface area contributed by atoms with Crippen LogP contribution in [0.25, 0.3) is 0 Å². The van der Waals surface area contributed by atoms with Crippen molar-refractivity contribution in [3.05, 3.63) is 33.8 Å². The monoisotopic (exact) mass is 240 g/mol. The Bertz CT molecular complexity index is 312. The molecule has 13 heavy (non-hydrogen) atoms. The van der Waals surface area contributed by atoms with Crippen molar-refractivity contribution in [2.24, 2.45) is 5.73 Å². The molecule has 1 aromatic rings. The SMILES string of the molecule is NCC1CNCc2ccc(Br)cc21. The molecule has 0 radical (unpaired) electrons. The Morgan fingerprint density at radius 1 is 1.54 bits per heavy atom. The van der Waals surface area contributed by atoms with Crippen molar-refractivity contribution in [1.29, 1.82) is 0 Å². The Kier molecular flexibility index (Phi) is 2.67. The molecule has 2 rings (SSSR count). The van der Waals surface area contributed by atoms with E-state index in [0.29, 0.717) is 5.92 Å². The molecule has 1 aliphatic rings. The smallest absolute Gasteiger partial charge is 0.0208 e. The van der Waals surface area contributed by atoms with Crippen molar-refractivity contribution in [2.45, 2.75) is 12.5 Å². The Morgan fingerprint density at radius 2 is 2.38 bits per heavy atom. The molecule has 1 heterocycles.